The zero-order chi connectivity index (χ0) is 6.85. The summed E-state index contributed by atoms with van der Waals surface area (Å²) in [6.45, 7) is 1.81. The average Bonchev–Trinajstić information content (AvgIpc) is 2.66. The molecular weight excluding hydrogens is 116 g/mol. The Hall–Kier alpha value is -0.370. The van der Waals surface area contributed by atoms with E-state index in [0.717, 1.165) is 12.8 Å². The molecule has 0 amide bonds. The van der Waals surface area contributed by atoms with E-state index in [1.807, 2.05) is 0 Å². The van der Waals surface area contributed by atoms with Gasteiger partial charge in [0.1, 0.15) is 6.10 Å². The molecule has 2 nitrogen and oxygen atoms in total. The van der Waals surface area contributed by atoms with Crippen LogP contribution >= 0.6 is 0 Å². The molecule has 1 saturated carbocycles. The molecule has 0 bridgehead atoms. The van der Waals surface area contributed by atoms with Crippen molar-refractivity contribution in [2.45, 2.75) is 25.9 Å². The summed E-state index contributed by atoms with van der Waals surface area (Å²) >= 11 is 0. The van der Waals surface area contributed by atoms with Gasteiger partial charge < -0.3 is 4.74 Å². The van der Waals surface area contributed by atoms with Crippen LogP contribution in [0, 0.1) is 5.92 Å². The SMILES string of the molecule is COC(C)C(=O)C1CC1. The minimum atomic E-state index is -0.183. The molecule has 0 radical (unpaired) electrons. The summed E-state index contributed by atoms with van der Waals surface area (Å²) in [7, 11) is 1.57. The third-order valence-electron chi connectivity index (χ3n) is 1.73. The molecule has 0 aromatic rings. The number of carbonyl (C=O) groups excluding carboxylic acids is 1. The highest BCUT2D eigenvalue weighted by Crippen LogP contribution is 2.31. The Balaban J connectivity index is 2.31. The molecule has 1 atom stereocenters. The van der Waals surface area contributed by atoms with Gasteiger partial charge in [-0.15, -0.1) is 0 Å². The molecule has 1 aliphatic rings. The molecule has 0 saturated heterocycles. The maximum atomic E-state index is 11.0. The fraction of sp³-hybridized carbons (Fsp3) is 0.857. The first kappa shape index (κ1) is 6.75. The van der Waals surface area contributed by atoms with Crippen LogP contribution in [-0.4, -0.2) is 19.0 Å². The molecule has 1 rings (SSSR count). The standard InChI is InChI=1S/C7H12O2/c1-5(9-2)7(8)6-3-4-6/h5-6H,3-4H2,1-2H3. The monoisotopic (exact) mass is 128 g/mol. The van der Waals surface area contributed by atoms with E-state index in [4.69, 9.17) is 4.74 Å². The van der Waals surface area contributed by atoms with Crippen molar-refractivity contribution in [3.8, 4) is 0 Å². The molecule has 0 heterocycles. The highest BCUT2D eigenvalue weighted by atomic mass is 16.5. The molecule has 0 spiro atoms. The number of hydrogen-bond acceptors (Lipinski definition) is 2. The third kappa shape index (κ3) is 1.52. The highest BCUT2D eigenvalue weighted by molar-refractivity contribution is 5.86. The number of ketones is 1. The molecular formula is C7H12O2. The first-order valence-corrected chi connectivity index (χ1v) is 3.32. The fourth-order valence-electron chi connectivity index (χ4n) is 0.816. The molecule has 9 heavy (non-hydrogen) atoms. The molecule has 52 valence electrons. The van der Waals surface area contributed by atoms with Gasteiger partial charge in [-0.2, -0.15) is 0 Å². The van der Waals surface area contributed by atoms with Gasteiger partial charge in [0.25, 0.3) is 0 Å². The Morgan fingerprint density at radius 3 is 2.56 bits per heavy atom. The van der Waals surface area contributed by atoms with Gasteiger partial charge in [0.2, 0.25) is 0 Å². The van der Waals surface area contributed by atoms with Crippen LogP contribution in [0.25, 0.3) is 0 Å². The Bertz CT molecular complexity index is 116. The Morgan fingerprint density at radius 1 is 1.67 bits per heavy atom. The molecule has 1 fully saturated rings. The quantitative estimate of drug-likeness (QED) is 0.566. The highest BCUT2D eigenvalue weighted by Gasteiger charge is 2.32. The first-order chi connectivity index (χ1) is 4.25. The van der Waals surface area contributed by atoms with Crippen LogP contribution in [0.5, 0.6) is 0 Å². The van der Waals surface area contributed by atoms with Gasteiger partial charge in [0, 0.05) is 13.0 Å². The van der Waals surface area contributed by atoms with Crippen molar-refractivity contribution in [3.05, 3.63) is 0 Å². The van der Waals surface area contributed by atoms with Crippen molar-refractivity contribution in [1.29, 1.82) is 0 Å². The van der Waals surface area contributed by atoms with Crippen LogP contribution in [0.4, 0.5) is 0 Å². The van der Waals surface area contributed by atoms with E-state index in [2.05, 4.69) is 0 Å². The second kappa shape index (κ2) is 2.48. The number of methoxy groups -OCH3 is 1. The second-order valence-electron chi connectivity index (χ2n) is 2.55. The van der Waals surface area contributed by atoms with Crippen LogP contribution in [0.1, 0.15) is 19.8 Å². The molecule has 0 aromatic carbocycles. The van der Waals surface area contributed by atoms with Crippen LogP contribution in [0.3, 0.4) is 0 Å². The third-order valence-corrected chi connectivity index (χ3v) is 1.73. The van der Waals surface area contributed by atoms with E-state index in [1.54, 1.807) is 14.0 Å². The van der Waals surface area contributed by atoms with Gasteiger partial charge in [0.15, 0.2) is 5.78 Å². The zero-order valence-electron chi connectivity index (χ0n) is 5.89. The van der Waals surface area contributed by atoms with Gasteiger partial charge >= 0.3 is 0 Å². The molecule has 1 aliphatic carbocycles. The lowest BCUT2D eigenvalue weighted by Crippen LogP contribution is -2.20. The zero-order valence-corrected chi connectivity index (χ0v) is 5.89. The van der Waals surface area contributed by atoms with E-state index < -0.39 is 0 Å². The number of carbonyl (C=O) groups is 1. The van der Waals surface area contributed by atoms with Crippen molar-refractivity contribution in [2.75, 3.05) is 7.11 Å². The van der Waals surface area contributed by atoms with Crippen LogP contribution in [0.15, 0.2) is 0 Å². The molecule has 2 heteroatoms. The smallest absolute Gasteiger partial charge is 0.164 e. The summed E-state index contributed by atoms with van der Waals surface area (Å²) in [5.41, 5.74) is 0. The van der Waals surface area contributed by atoms with Crippen LogP contribution in [0.2, 0.25) is 0 Å². The second-order valence-corrected chi connectivity index (χ2v) is 2.55. The summed E-state index contributed by atoms with van der Waals surface area (Å²) in [5.74, 6) is 0.609. The van der Waals surface area contributed by atoms with E-state index in [-0.39, 0.29) is 11.9 Å². The normalized spacial score (nSPS) is 21.6. The minimum absolute atomic E-state index is 0.183. The van der Waals surface area contributed by atoms with Crippen LogP contribution < -0.4 is 0 Å². The van der Waals surface area contributed by atoms with E-state index in [1.165, 1.54) is 0 Å². The lowest BCUT2D eigenvalue weighted by Gasteiger charge is -2.05. The van der Waals surface area contributed by atoms with E-state index in [0.29, 0.717) is 5.92 Å². The van der Waals surface area contributed by atoms with Crippen molar-refractivity contribution in [2.24, 2.45) is 5.92 Å². The largest absolute Gasteiger partial charge is 0.374 e. The Kier molecular flexibility index (Phi) is 1.86. The Morgan fingerprint density at radius 2 is 2.22 bits per heavy atom. The van der Waals surface area contributed by atoms with Gasteiger partial charge in [0.05, 0.1) is 0 Å². The Labute approximate surface area is 55.2 Å². The summed E-state index contributed by atoms with van der Waals surface area (Å²) < 4.78 is 4.86. The maximum absolute atomic E-state index is 11.0. The minimum Gasteiger partial charge on any atom is -0.374 e. The fourth-order valence-corrected chi connectivity index (χ4v) is 0.816. The van der Waals surface area contributed by atoms with Gasteiger partial charge in [-0.3, -0.25) is 4.79 Å². The van der Waals surface area contributed by atoms with Gasteiger partial charge in [-0.05, 0) is 19.8 Å². The summed E-state index contributed by atoms with van der Waals surface area (Å²) in [4.78, 5) is 11.0. The molecule has 0 aromatic heterocycles. The predicted molar refractivity (Wildman–Crippen MR) is 34.2 cm³/mol. The van der Waals surface area contributed by atoms with Crippen molar-refractivity contribution in [3.63, 3.8) is 0 Å². The molecule has 0 aliphatic heterocycles. The van der Waals surface area contributed by atoms with Gasteiger partial charge in [-0.25, -0.2) is 0 Å². The molecule has 0 N–H and O–H groups in total. The lowest BCUT2D eigenvalue weighted by molar-refractivity contribution is -0.129. The average molecular weight is 128 g/mol. The predicted octanol–water partition coefficient (Wildman–Crippen LogP) is 1.00. The first-order valence-electron chi connectivity index (χ1n) is 3.32. The van der Waals surface area contributed by atoms with Crippen molar-refractivity contribution < 1.29 is 9.53 Å². The summed E-state index contributed by atoms with van der Waals surface area (Å²) in [6, 6.07) is 0. The topological polar surface area (TPSA) is 26.3 Å². The van der Waals surface area contributed by atoms with Crippen molar-refractivity contribution in [1.82, 2.24) is 0 Å². The van der Waals surface area contributed by atoms with E-state index >= 15 is 0 Å². The number of hydrogen-bond donors (Lipinski definition) is 0. The number of rotatable bonds is 3. The lowest BCUT2D eigenvalue weighted by atomic mass is 10.2. The summed E-state index contributed by atoms with van der Waals surface area (Å²) in [6.07, 6.45) is 1.97. The van der Waals surface area contributed by atoms with Gasteiger partial charge in [-0.1, -0.05) is 0 Å². The van der Waals surface area contributed by atoms with Crippen LogP contribution in [-0.2, 0) is 9.53 Å². The summed E-state index contributed by atoms with van der Waals surface area (Å²) in [5, 5.41) is 0. The molecule has 1 unspecified atom stereocenters. The number of ether oxygens (including phenoxy) is 1. The maximum Gasteiger partial charge on any atom is 0.164 e. The number of Topliss-reactive ketones (excluding diaryl/α,β-unsaturated/α-hetero) is 1. The van der Waals surface area contributed by atoms with E-state index in [9.17, 15) is 4.79 Å². The van der Waals surface area contributed by atoms with Crippen molar-refractivity contribution >= 4 is 5.78 Å².